The van der Waals surface area contributed by atoms with Gasteiger partial charge in [0.15, 0.2) is 0 Å². The second kappa shape index (κ2) is 7.73. The molecule has 28 heavy (non-hydrogen) atoms. The summed E-state index contributed by atoms with van der Waals surface area (Å²) in [5.41, 5.74) is -0.394. The highest BCUT2D eigenvalue weighted by Gasteiger charge is 2.51. The van der Waals surface area contributed by atoms with Crippen molar-refractivity contribution in [2.24, 2.45) is 0 Å². The maximum absolute atomic E-state index is 14.2. The summed E-state index contributed by atoms with van der Waals surface area (Å²) in [6.45, 7) is 0.176. The number of nitrogens with zero attached hydrogens (tertiary/aromatic N) is 2. The Kier molecular flexibility index (Phi) is 5.31. The van der Waals surface area contributed by atoms with Crippen molar-refractivity contribution >= 4 is 29.6 Å². The summed E-state index contributed by atoms with van der Waals surface area (Å²) in [6.07, 6.45) is 5.15. The van der Waals surface area contributed by atoms with E-state index < -0.39 is 16.9 Å². The Balaban J connectivity index is 1.49. The van der Waals surface area contributed by atoms with Gasteiger partial charge in [-0.15, -0.1) is 11.8 Å². The fourth-order valence-corrected chi connectivity index (χ4v) is 5.67. The molecule has 3 aliphatic rings. The molecule has 2 aliphatic heterocycles. The SMILES string of the molecule is O=C1NC2(CCCCCC2)C(=O)N1CC(=O)N1CCS[C@H]1c1ccccc1F. The Morgan fingerprint density at radius 2 is 1.89 bits per heavy atom. The number of halogens is 1. The van der Waals surface area contributed by atoms with E-state index in [0.29, 0.717) is 30.7 Å². The topological polar surface area (TPSA) is 69.7 Å². The third-order valence-electron chi connectivity index (χ3n) is 5.88. The standard InChI is InChI=1S/C20H24FN3O3S/c21-15-8-4-3-7-14(15)17-23(11-12-28-17)16(25)13-24-18(26)20(22-19(24)27)9-5-1-2-6-10-20/h3-4,7-8,17H,1-2,5-6,9-13H2,(H,22,27)/t17-/m0/s1. The number of urea groups is 1. The minimum absolute atomic E-state index is 0.290. The van der Waals surface area contributed by atoms with Crippen LogP contribution in [0.15, 0.2) is 24.3 Å². The van der Waals surface area contributed by atoms with E-state index in [2.05, 4.69) is 5.32 Å². The molecule has 1 saturated carbocycles. The normalized spacial score (nSPS) is 24.5. The van der Waals surface area contributed by atoms with Gasteiger partial charge in [-0.1, -0.05) is 43.9 Å². The van der Waals surface area contributed by atoms with E-state index >= 15 is 0 Å². The Bertz CT molecular complexity index is 795. The third kappa shape index (κ3) is 3.38. The van der Waals surface area contributed by atoms with Crippen LogP contribution in [0.25, 0.3) is 0 Å². The van der Waals surface area contributed by atoms with Crippen molar-refractivity contribution in [3.8, 4) is 0 Å². The highest BCUT2D eigenvalue weighted by molar-refractivity contribution is 7.99. The van der Waals surface area contributed by atoms with Crippen molar-refractivity contribution in [2.45, 2.75) is 49.4 Å². The van der Waals surface area contributed by atoms with E-state index in [-0.39, 0.29) is 24.2 Å². The third-order valence-corrected chi connectivity index (χ3v) is 7.12. The van der Waals surface area contributed by atoms with Gasteiger partial charge in [0.2, 0.25) is 5.91 Å². The first-order valence-electron chi connectivity index (χ1n) is 9.81. The summed E-state index contributed by atoms with van der Waals surface area (Å²) >= 11 is 1.49. The van der Waals surface area contributed by atoms with Gasteiger partial charge in [-0.3, -0.25) is 14.5 Å². The Labute approximate surface area is 167 Å². The molecule has 0 bridgehead atoms. The van der Waals surface area contributed by atoms with Gasteiger partial charge in [-0.25, -0.2) is 9.18 Å². The summed E-state index contributed by atoms with van der Waals surface area (Å²) < 4.78 is 14.2. The van der Waals surface area contributed by atoms with Crippen LogP contribution in [0.3, 0.4) is 0 Å². The predicted octanol–water partition coefficient (Wildman–Crippen LogP) is 3.04. The lowest BCUT2D eigenvalue weighted by Crippen LogP contribution is -2.47. The number of carbonyl (C=O) groups is 3. The minimum atomic E-state index is -0.849. The fourth-order valence-electron chi connectivity index (χ4n) is 4.38. The maximum atomic E-state index is 14.2. The lowest BCUT2D eigenvalue weighted by Gasteiger charge is -2.27. The van der Waals surface area contributed by atoms with Gasteiger partial charge in [0.1, 0.15) is 23.3 Å². The van der Waals surface area contributed by atoms with Crippen LogP contribution in [0.1, 0.15) is 49.5 Å². The largest absolute Gasteiger partial charge is 0.325 e. The van der Waals surface area contributed by atoms with Crippen molar-refractivity contribution < 1.29 is 18.8 Å². The smallest absolute Gasteiger partial charge is 0.324 e. The van der Waals surface area contributed by atoms with Crippen molar-refractivity contribution in [3.05, 3.63) is 35.6 Å². The zero-order valence-electron chi connectivity index (χ0n) is 15.7. The maximum Gasteiger partial charge on any atom is 0.325 e. The lowest BCUT2D eigenvalue weighted by molar-refractivity contribution is -0.139. The van der Waals surface area contributed by atoms with Crippen LogP contribution in [0.4, 0.5) is 9.18 Å². The fraction of sp³-hybridized carbons (Fsp3) is 0.550. The number of carbonyl (C=O) groups excluding carboxylic acids is 3. The van der Waals surface area contributed by atoms with E-state index in [4.69, 9.17) is 0 Å². The highest BCUT2D eigenvalue weighted by Crippen LogP contribution is 2.39. The summed E-state index contributed by atoms with van der Waals surface area (Å²) in [7, 11) is 0. The van der Waals surface area contributed by atoms with E-state index in [1.807, 2.05) is 0 Å². The van der Waals surface area contributed by atoms with Gasteiger partial charge in [0.25, 0.3) is 5.91 Å². The van der Waals surface area contributed by atoms with Crippen LogP contribution in [0.2, 0.25) is 0 Å². The van der Waals surface area contributed by atoms with Crippen LogP contribution in [0, 0.1) is 5.82 Å². The molecule has 1 aromatic carbocycles. The molecule has 0 aromatic heterocycles. The molecule has 4 amide bonds. The van der Waals surface area contributed by atoms with Crippen molar-refractivity contribution in [1.82, 2.24) is 15.1 Å². The van der Waals surface area contributed by atoms with E-state index in [9.17, 15) is 18.8 Å². The monoisotopic (exact) mass is 405 g/mol. The molecule has 1 aliphatic carbocycles. The van der Waals surface area contributed by atoms with Crippen LogP contribution in [-0.4, -0.2) is 52.0 Å². The molecule has 3 fully saturated rings. The molecular weight excluding hydrogens is 381 g/mol. The van der Waals surface area contributed by atoms with E-state index in [1.165, 1.54) is 17.8 Å². The van der Waals surface area contributed by atoms with Gasteiger partial charge < -0.3 is 10.2 Å². The van der Waals surface area contributed by atoms with Crippen molar-refractivity contribution in [1.29, 1.82) is 0 Å². The summed E-state index contributed by atoms with van der Waals surface area (Å²) in [5, 5.41) is 2.43. The molecule has 1 spiro atoms. The first-order valence-corrected chi connectivity index (χ1v) is 10.9. The Morgan fingerprint density at radius 3 is 2.61 bits per heavy atom. The molecule has 6 nitrogen and oxygen atoms in total. The zero-order valence-corrected chi connectivity index (χ0v) is 16.5. The predicted molar refractivity (Wildman–Crippen MR) is 104 cm³/mol. The Hall–Kier alpha value is -2.09. The summed E-state index contributed by atoms with van der Waals surface area (Å²) in [4.78, 5) is 41.1. The molecule has 2 saturated heterocycles. The number of amides is 4. The van der Waals surface area contributed by atoms with Gasteiger partial charge in [-0.2, -0.15) is 0 Å². The van der Waals surface area contributed by atoms with E-state index in [1.54, 1.807) is 23.1 Å². The van der Waals surface area contributed by atoms with Crippen LogP contribution >= 0.6 is 11.8 Å². The molecule has 1 aromatic rings. The molecule has 1 N–H and O–H groups in total. The highest BCUT2D eigenvalue weighted by atomic mass is 32.2. The minimum Gasteiger partial charge on any atom is -0.324 e. The van der Waals surface area contributed by atoms with Gasteiger partial charge in [0.05, 0.1) is 0 Å². The number of rotatable bonds is 3. The second-order valence-corrected chi connectivity index (χ2v) is 8.84. The second-order valence-electron chi connectivity index (χ2n) is 7.65. The average Bonchev–Trinajstić information content (AvgIpc) is 3.15. The van der Waals surface area contributed by atoms with Crippen molar-refractivity contribution in [2.75, 3.05) is 18.8 Å². The molecule has 0 unspecified atom stereocenters. The number of thioether (sulfide) groups is 1. The number of benzene rings is 1. The number of hydrogen-bond donors (Lipinski definition) is 1. The van der Waals surface area contributed by atoms with Crippen LogP contribution < -0.4 is 5.32 Å². The Morgan fingerprint density at radius 1 is 1.18 bits per heavy atom. The van der Waals surface area contributed by atoms with Gasteiger partial charge in [0, 0.05) is 17.9 Å². The molecule has 0 radical (unpaired) electrons. The molecule has 2 heterocycles. The van der Waals surface area contributed by atoms with Crippen LogP contribution in [-0.2, 0) is 9.59 Å². The average molecular weight is 405 g/mol. The molecule has 8 heteroatoms. The lowest BCUT2D eigenvalue weighted by atomic mass is 9.90. The summed E-state index contributed by atoms with van der Waals surface area (Å²) in [6, 6.07) is 5.92. The molecule has 1 atom stereocenters. The zero-order chi connectivity index (χ0) is 19.7. The quantitative estimate of drug-likeness (QED) is 0.785. The molecule has 150 valence electrons. The van der Waals surface area contributed by atoms with Crippen molar-refractivity contribution in [3.63, 3.8) is 0 Å². The van der Waals surface area contributed by atoms with E-state index in [0.717, 1.165) is 30.6 Å². The number of nitrogens with one attached hydrogen (secondary N) is 1. The van der Waals surface area contributed by atoms with Gasteiger partial charge in [-0.05, 0) is 18.9 Å². The van der Waals surface area contributed by atoms with Gasteiger partial charge >= 0.3 is 6.03 Å². The molecule has 4 rings (SSSR count). The molecular formula is C20H24FN3O3S. The summed E-state index contributed by atoms with van der Waals surface area (Å²) in [5.74, 6) is -0.281. The number of imide groups is 1. The first-order chi connectivity index (χ1) is 13.5. The first kappa shape index (κ1) is 19.2. The van der Waals surface area contributed by atoms with Crippen LogP contribution in [0.5, 0.6) is 0 Å². The number of hydrogen-bond acceptors (Lipinski definition) is 4.